The number of rotatable bonds is 10. The standard InChI is InChI=1S/C29H33NO3/c1-29(2,3)33-28(32)20-27(31)26(19-23-13-7-4-8-14-23)30(21-24-15-9-5-10-16-24)22-25-17-11-6-12-18-25/h4-18,26H,19-22H2,1-3H3. The van der Waals surface area contributed by atoms with Gasteiger partial charge < -0.3 is 4.74 Å². The zero-order valence-corrected chi connectivity index (χ0v) is 19.7. The topological polar surface area (TPSA) is 46.6 Å². The summed E-state index contributed by atoms with van der Waals surface area (Å²) in [6, 6.07) is 29.8. The van der Waals surface area contributed by atoms with Gasteiger partial charge in [0.1, 0.15) is 12.0 Å². The van der Waals surface area contributed by atoms with Crippen molar-refractivity contribution in [1.82, 2.24) is 4.90 Å². The fraction of sp³-hybridized carbons (Fsp3) is 0.310. The minimum absolute atomic E-state index is 0.125. The van der Waals surface area contributed by atoms with E-state index < -0.39 is 17.6 Å². The molecule has 3 rings (SSSR count). The highest BCUT2D eigenvalue weighted by Gasteiger charge is 2.29. The molecule has 4 heteroatoms. The second-order valence-electron chi connectivity index (χ2n) is 9.31. The molecular formula is C29H33NO3. The van der Waals surface area contributed by atoms with Gasteiger partial charge in [0.2, 0.25) is 0 Å². The summed E-state index contributed by atoms with van der Waals surface area (Å²) in [6.45, 7) is 6.65. The third kappa shape index (κ3) is 8.32. The molecule has 0 radical (unpaired) electrons. The van der Waals surface area contributed by atoms with E-state index in [-0.39, 0.29) is 12.2 Å². The molecule has 3 aromatic rings. The molecule has 0 bridgehead atoms. The molecule has 0 fully saturated rings. The molecular weight excluding hydrogens is 410 g/mol. The number of nitrogens with zero attached hydrogens (tertiary/aromatic N) is 1. The number of carbonyl (C=O) groups excluding carboxylic acids is 2. The monoisotopic (exact) mass is 443 g/mol. The predicted octanol–water partition coefficient (Wildman–Crippen LogP) is 5.60. The molecule has 0 aliphatic rings. The number of esters is 1. The normalized spacial score (nSPS) is 12.4. The fourth-order valence-electron chi connectivity index (χ4n) is 3.83. The van der Waals surface area contributed by atoms with Crippen molar-refractivity contribution in [2.75, 3.05) is 0 Å². The first-order valence-corrected chi connectivity index (χ1v) is 11.4. The lowest BCUT2D eigenvalue weighted by Gasteiger charge is -2.31. The van der Waals surface area contributed by atoms with E-state index in [0.29, 0.717) is 19.5 Å². The zero-order valence-electron chi connectivity index (χ0n) is 19.7. The number of ether oxygens (including phenoxy) is 1. The molecule has 1 unspecified atom stereocenters. The molecule has 0 amide bonds. The predicted molar refractivity (Wildman–Crippen MR) is 132 cm³/mol. The average molecular weight is 444 g/mol. The summed E-state index contributed by atoms with van der Waals surface area (Å²) >= 11 is 0. The fourth-order valence-corrected chi connectivity index (χ4v) is 3.83. The molecule has 4 nitrogen and oxygen atoms in total. The van der Waals surface area contributed by atoms with Gasteiger partial charge in [-0.05, 0) is 43.9 Å². The van der Waals surface area contributed by atoms with Crippen LogP contribution in [0.25, 0.3) is 0 Å². The molecule has 0 aliphatic heterocycles. The quantitative estimate of drug-likeness (QED) is 0.302. The molecule has 33 heavy (non-hydrogen) atoms. The zero-order chi connectivity index (χ0) is 23.7. The second kappa shape index (κ2) is 11.6. The van der Waals surface area contributed by atoms with Gasteiger partial charge in [0, 0.05) is 13.1 Å². The molecule has 0 heterocycles. The summed E-state index contributed by atoms with van der Waals surface area (Å²) in [6.07, 6.45) is 0.289. The van der Waals surface area contributed by atoms with E-state index >= 15 is 0 Å². The van der Waals surface area contributed by atoms with Crippen LogP contribution in [0, 0.1) is 0 Å². The first kappa shape index (κ1) is 24.4. The van der Waals surface area contributed by atoms with E-state index in [2.05, 4.69) is 29.2 Å². The Morgan fingerprint density at radius 2 is 1.15 bits per heavy atom. The molecule has 172 valence electrons. The molecule has 0 aliphatic carbocycles. The third-order valence-corrected chi connectivity index (χ3v) is 5.28. The average Bonchev–Trinajstić information content (AvgIpc) is 2.78. The smallest absolute Gasteiger partial charge is 0.313 e. The number of Topliss-reactive ketones (excluding diaryl/α,β-unsaturated/α-hetero) is 1. The molecule has 0 spiro atoms. The molecule has 3 aromatic carbocycles. The molecule has 0 saturated heterocycles. The number of ketones is 1. The summed E-state index contributed by atoms with van der Waals surface area (Å²) in [7, 11) is 0. The minimum atomic E-state index is -0.625. The van der Waals surface area contributed by atoms with Crippen molar-refractivity contribution in [1.29, 1.82) is 0 Å². The maximum Gasteiger partial charge on any atom is 0.313 e. The van der Waals surface area contributed by atoms with Crippen LogP contribution in [0.2, 0.25) is 0 Å². The first-order valence-electron chi connectivity index (χ1n) is 11.4. The highest BCUT2D eigenvalue weighted by atomic mass is 16.6. The van der Waals surface area contributed by atoms with E-state index in [9.17, 15) is 9.59 Å². The summed E-state index contributed by atoms with van der Waals surface area (Å²) in [4.78, 5) is 28.2. The van der Waals surface area contributed by atoms with E-state index in [4.69, 9.17) is 4.74 Å². The van der Waals surface area contributed by atoms with Crippen LogP contribution in [0.1, 0.15) is 43.9 Å². The number of hydrogen-bond donors (Lipinski definition) is 0. The summed E-state index contributed by atoms with van der Waals surface area (Å²) in [5, 5.41) is 0. The Kier molecular flexibility index (Phi) is 8.56. The Morgan fingerprint density at radius 3 is 1.58 bits per heavy atom. The van der Waals surface area contributed by atoms with E-state index in [1.54, 1.807) is 0 Å². The van der Waals surface area contributed by atoms with Crippen LogP contribution in [0.3, 0.4) is 0 Å². The van der Waals surface area contributed by atoms with E-state index in [0.717, 1.165) is 16.7 Å². The van der Waals surface area contributed by atoms with Gasteiger partial charge in [-0.2, -0.15) is 0 Å². The Morgan fingerprint density at radius 1 is 0.727 bits per heavy atom. The van der Waals surface area contributed by atoms with Gasteiger partial charge in [-0.1, -0.05) is 91.0 Å². The van der Waals surface area contributed by atoms with Crippen LogP contribution < -0.4 is 0 Å². The van der Waals surface area contributed by atoms with Gasteiger partial charge in [0.15, 0.2) is 5.78 Å². The van der Waals surface area contributed by atoms with Gasteiger partial charge in [0.25, 0.3) is 0 Å². The van der Waals surface area contributed by atoms with Crippen molar-refractivity contribution >= 4 is 11.8 Å². The maximum atomic E-state index is 13.5. The van der Waals surface area contributed by atoms with Crippen LogP contribution >= 0.6 is 0 Å². The Bertz CT molecular complexity index is 969. The molecule has 1 atom stereocenters. The summed E-state index contributed by atoms with van der Waals surface area (Å²) in [5.41, 5.74) is 2.68. The SMILES string of the molecule is CC(C)(C)OC(=O)CC(=O)C(Cc1ccccc1)N(Cc1ccccc1)Cc1ccccc1. The number of benzene rings is 3. The molecule has 0 N–H and O–H groups in total. The van der Waals surface area contributed by atoms with Crippen molar-refractivity contribution in [2.45, 2.75) is 58.3 Å². The Balaban J connectivity index is 1.90. The van der Waals surface area contributed by atoms with Crippen molar-refractivity contribution in [3.05, 3.63) is 108 Å². The van der Waals surface area contributed by atoms with Crippen molar-refractivity contribution in [3.8, 4) is 0 Å². The van der Waals surface area contributed by atoms with Gasteiger partial charge in [-0.25, -0.2) is 0 Å². The van der Waals surface area contributed by atoms with Crippen LogP contribution in [0.4, 0.5) is 0 Å². The van der Waals surface area contributed by atoms with E-state index in [1.165, 1.54) is 0 Å². The highest BCUT2D eigenvalue weighted by molar-refractivity contribution is 5.98. The van der Waals surface area contributed by atoms with Crippen molar-refractivity contribution in [3.63, 3.8) is 0 Å². The molecule has 0 saturated carbocycles. The lowest BCUT2D eigenvalue weighted by Crippen LogP contribution is -2.43. The van der Waals surface area contributed by atoms with Gasteiger partial charge in [-0.15, -0.1) is 0 Å². The second-order valence-corrected chi connectivity index (χ2v) is 9.31. The van der Waals surface area contributed by atoms with Crippen molar-refractivity contribution in [2.24, 2.45) is 0 Å². The largest absolute Gasteiger partial charge is 0.460 e. The number of carbonyl (C=O) groups is 2. The third-order valence-electron chi connectivity index (χ3n) is 5.28. The summed E-state index contributed by atoms with van der Waals surface area (Å²) < 4.78 is 5.45. The van der Waals surface area contributed by atoms with Crippen molar-refractivity contribution < 1.29 is 14.3 Å². The number of hydrogen-bond acceptors (Lipinski definition) is 4. The Hall–Kier alpha value is -3.24. The van der Waals surface area contributed by atoms with E-state index in [1.807, 2.05) is 87.5 Å². The molecule has 0 aromatic heterocycles. The maximum absolute atomic E-state index is 13.5. The Labute approximate surface area is 197 Å². The first-order chi connectivity index (χ1) is 15.8. The van der Waals surface area contributed by atoms with Gasteiger partial charge in [-0.3, -0.25) is 14.5 Å². The van der Waals surface area contributed by atoms with Gasteiger partial charge >= 0.3 is 5.97 Å². The lowest BCUT2D eigenvalue weighted by molar-refractivity contribution is -0.156. The van der Waals surface area contributed by atoms with Crippen LogP contribution in [-0.2, 0) is 33.8 Å². The van der Waals surface area contributed by atoms with Gasteiger partial charge in [0.05, 0.1) is 6.04 Å². The summed E-state index contributed by atoms with van der Waals surface area (Å²) in [5.74, 6) is -0.607. The highest BCUT2D eigenvalue weighted by Crippen LogP contribution is 2.20. The minimum Gasteiger partial charge on any atom is -0.460 e. The van der Waals surface area contributed by atoms with Crippen LogP contribution in [-0.4, -0.2) is 28.3 Å². The van der Waals surface area contributed by atoms with Crippen LogP contribution in [0.5, 0.6) is 0 Å². The lowest BCUT2D eigenvalue weighted by atomic mass is 9.97. The van der Waals surface area contributed by atoms with Crippen LogP contribution in [0.15, 0.2) is 91.0 Å².